The van der Waals surface area contributed by atoms with Gasteiger partial charge in [-0.3, -0.25) is 14.6 Å². The first-order chi connectivity index (χ1) is 13.6. The number of ether oxygens (including phenoxy) is 1. The minimum absolute atomic E-state index is 0.0437. The number of nitrogens with zero attached hydrogens (tertiary/aromatic N) is 2. The summed E-state index contributed by atoms with van der Waals surface area (Å²) in [7, 11) is 1.37. The molecule has 0 aliphatic rings. The Bertz CT molecular complexity index is 951. The SMILES string of the molecule is COC(=O)C(C)CN(Cc1ccccc1)C(=O)Cc1cccc2cccnc12. The second-order valence-corrected chi connectivity index (χ2v) is 6.85. The lowest BCUT2D eigenvalue weighted by atomic mass is 10.0. The van der Waals surface area contributed by atoms with Gasteiger partial charge in [-0.2, -0.15) is 0 Å². The summed E-state index contributed by atoms with van der Waals surface area (Å²) in [4.78, 5) is 31.2. The number of esters is 1. The van der Waals surface area contributed by atoms with Crippen LogP contribution in [0.5, 0.6) is 0 Å². The van der Waals surface area contributed by atoms with Gasteiger partial charge >= 0.3 is 5.97 Å². The molecule has 0 aliphatic heterocycles. The van der Waals surface area contributed by atoms with E-state index in [4.69, 9.17) is 4.74 Å². The van der Waals surface area contributed by atoms with Crippen molar-refractivity contribution >= 4 is 22.8 Å². The number of aromatic nitrogens is 1. The Morgan fingerprint density at radius 3 is 2.54 bits per heavy atom. The number of hydrogen-bond donors (Lipinski definition) is 0. The minimum atomic E-state index is -0.400. The zero-order valence-electron chi connectivity index (χ0n) is 16.2. The Labute approximate surface area is 165 Å². The van der Waals surface area contributed by atoms with Crippen LogP contribution in [0.15, 0.2) is 66.9 Å². The summed E-state index contributed by atoms with van der Waals surface area (Å²) in [5.74, 6) is -0.765. The second kappa shape index (κ2) is 9.13. The van der Waals surface area contributed by atoms with E-state index in [1.165, 1.54) is 7.11 Å². The van der Waals surface area contributed by atoms with Crippen molar-refractivity contribution in [2.45, 2.75) is 19.9 Å². The third-order valence-electron chi connectivity index (χ3n) is 4.72. The van der Waals surface area contributed by atoms with Crippen LogP contribution in [-0.4, -0.2) is 35.4 Å². The Kier molecular flexibility index (Phi) is 6.37. The predicted octanol–water partition coefficient (Wildman–Crippen LogP) is 3.62. The van der Waals surface area contributed by atoms with Crippen molar-refractivity contribution in [3.05, 3.63) is 78.0 Å². The summed E-state index contributed by atoms with van der Waals surface area (Å²) in [5, 5.41) is 1.00. The molecule has 0 saturated carbocycles. The van der Waals surface area contributed by atoms with Gasteiger partial charge in [0.1, 0.15) is 0 Å². The smallest absolute Gasteiger partial charge is 0.310 e. The molecule has 0 radical (unpaired) electrons. The minimum Gasteiger partial charge on any atom is -0.469 e. The Hall–Kier alpha value is -3.21. The van der Waals surface area contributed by atoms with Crippen molar-refractivity contribution < 1.29 is 14.3 Å². The Morgan fingerprint density at radius 1 is 1.04 bits per heavy atom. The third kappa shape index (κ3) is 4.74. The summed E-state index contributed by atoms with van der Waals surface area (Å²) >= 11 is 0. The first kappa shape index (κ1) is 19.5. The number of pyridine rings is 1. The van der Waals surface area contributed by atoms with Gasteiger partial charge in [-0.25, -0.2) is 0 Å². The molecule has 1 amide bonds. The van der Waals surface area contributed by atoms with Crippen molar-refractivity contribution in [3.63, 3.8) is 0 Å². The van der Waals surface area contributed by atoms with E-state index in [1.54, 1.807) is 18.0 Å². The van der Waals surface area contributed by atoms with Crippen molar-refractivity contribution in [1.82, 2.24) is 9.88 Å². The fraction of sp³-hybridized carbons (Fsp3) is 0.261. The quantitative estimate of drug-likeness (QED) is 0.591. The lowest BCUT2D eigenvalue weighted by molar-refractivity contribution is -0.146. The van der Waals surface area contributed by atoms with Crippen molar-refractivity contribution in [3.8, 4) is 0 Å². The standard InChI is InChI=1S/C23H24N2O3/c1-17(23(27)28-2)15-25(16-18-8-4-3-5-9-18)21(26)14-20-11-6-10-19-12-7-13-24-22(19)20/h3-13,17H,14-16H2,1-2H3. The molecule has 2 aromatic carbocycles. The van der Waals surface area contributed by atoms with Crippen molar-refractivity contribution in [2.24, 2.45) is 5.92 Å². The molecule has 0 aliphatic carbocycles. The van der Waals surface area contributed by atoms with E-state index in [0.29, 0.717) is 13.1 Å². The molecule has 3 rings (SSSR count). The highest BCUT2D eigenvalue weighted by Gasteiger charge is 2.22. The third-order valence-corrected chi connectivity index (χ3v) is 4.72. The largest absolute Gasteiger partial charge is 0.469 e. The van der Waals surface area contributed by atoms with E-state index >= 15 is 0 Å². The van der Waals surface area contributed by atoms with Gasteiger partial charge in [0.15, 0.2) is 0 Å². The van der Waals surface area contributed by atoms with E-state index in [9.17, 15) is 9.59 Å². The highest BCUT2D eigenvalue weighted by atomic mass is 16.5. The molecule has 0 N–H and O–H groups in total. The van der Waals surface area contributed by atoms with Gasteiger partial charge in [0.05, 0.1) is 25.0 Å². The molecule has 3 aromatic rings. The van der Waals surface area contributed by atoms with Crippen molar-refractivity contribution in [1.29, 1.82) is 0 Å². The topological polar surface area (TPSA) is 59.5 Å². The Balaban J connectivity index is 1.83. The van der Waals surface area contributed by atoms with Crippen molar-refractivity contribution in [2.75, 3.05) is 13.7 Å². The number of methoxy groups -OCH3 is 1. The molecule has 0 spiro atoms. The average molecular weight is 376 g/mol. The van der Waals surface area contributed by atoms with E-state index in [1.807, 2.05) is 60.7 Å². The second-order valence-electron chi connectivity index (χ2n) is 6.85. The van der Waals surface area contributed by atoms with E-state index in [-0.39, 0.29) is 18.3 Å². The molecule has 144 valence electrons. The molecular formula is C23H24N2O3. The molecular weight excluding hydrogens is 352 g/mol. The van der Waals surface area contributed by atoms with Crippen LogP contribution in [0.25, 0.3) is 10.9 Å². The molecule has 0 saturated heterocycles. The molecule has 1 unspecified atom stereocenters. The molecule has 1 atom stereocenters. The van der Waals surface area contributed by atoms with Crippen LogP contribution in [0.1, 0.15) is 18.1 Å². The normalized spacial score (nSPS) is 11.8. The van der Waals surface area contributed by atoms with Gasteiger partial charge in [-0.15, -0.1) is 0 Å². The number of carbonyl (C=O) groups is 2. The Morgan fingerprint density at radius 2 is 1.79 bits per heavy atom. The fourth-order valence-electron chi connectivity index (χ4n) is 3.25. The van der Waals surface area contributed by atoms with Crippen LogP contribution in [0, 0.1) is 5.92 Å². The van der Waals surface area contributed by atoms with Crippen LogP contribution in [0.4, 0.5) is 0 Å². The first-order valence-corrected chi connectivity index (χ1v) is 9.30. The summed E-state index contributed by atoms with van der Waals surface area (Å²) in [5.41, 5.74) is 2.73. The number of amides is 1. The maximum absolute atomic E-state index is 13.2. The lowest BCUT2D eigenvalue weighted by Gasteiger charge is -2.25. The maximum Gasteiger partial charge on any atom is 0.310 e. The molecule has 5 nitrogen and oxygen atoms in total. The first-order valence-electron chi connectivity index (χ1n) is 9.30. The van der Waals surface area contributed by atoms with Crippen LogP contribution in [0.3, 0.4) is 0 Å². The molecule has 5 heteroatoms. The number of fused-ring (bicyclic) bond motifs is 1. The average Bonchev–Trinajstić information content (AvgIpc) is 2.73. The summed E-state index contributed by atoms with van der Waals surface area (Å²) in [6.07, 6.45) is 1.96. The van der Waals surface area contributed by atoms with Gasteiger partial charge in [0, 0.05) is 24.7 Å². The molecule has 1 heterocycles. The molecule has 0 fully saturated rings. The number of carbonyl (C=O) groups excluding carboxylic acids is 2. The van der Waals surface area contributed by atoms with Gasteiger partial charge in [0.2, 0.25) is 5.91 Å². The van der Waals surface area contributed by atoms with Crippen LogP contribution >= 0.6 is 0 Å². The lowest BCUT2D eigenvalue weighted by Crippen LogP contribution is -2.37. The zero-order valence-corrected chi connectivity index (χ0v) is 16.2. The molecule has 28 heavy (non-hydrogen) atoms. The number of rotatable bonds is 7. The predicted molar refractivity (Wildman–Crippen MR) is 108 cm³/mol. The molecule has 0 bridgehead atoms. The van der Waals surface area contributed by atoms with Gasteiger partial charge in [-0.05, 0) is 17.2 Å². The fourth-order valence-corrected chi connectivity index (χ4v) is 3.25. The zero-order chi connectivity index (χ0) is 19.9. The summed E-state index contributed by atoms with van der Waals surface area (Å²) in [6.45, 7) is 2.52. The van der Waals surface area contributed by atoms with Crippen LogP contribution in [-0.2, 0) is 27.3 Å². The van der Waals surface area contributed by atoms with Crippen LogP contribution in [0.2, 0.25) is 0 Å². The van der Waals surface area contributed by atoms with E-state index < -0.39 is 5.92 Å². The number of hydrogen-bond acceptors (Lipinski definition) is 4. The van der Waals surface area contributed by atoms with Gasteiger partial charge in [0.25, 0.3) is 0 Å². The van der Waals surface area contributed by atoms with Gasteiger partial charge in [-0.1, -0.05) is 61.5 Å². The highest BCUT2D eigenvalue weighted by Crippen LogP contribution is 2.18. The summed E-state index contributed by atoms with van der Waals surface area (Å²) in [6, 6.07) is 19.5. The van der Waals surface area contributed by atoms with E-state index in [2.05, 4.69) is 4.98 Å². The van der Waals surface area contributed by atoms with Crippen LogP contribution < -0.4 is 0 Å². The van der Waals surface area contributed by atoms with E-state index in [0.717, 1.165) is 22.0 Å². The monoisotopic (exact) mass is 376 g/mol. The molecule has 1 aromatic heterocycles. The number of para-hydroxylation sites is 1. The van der Waals surface area contributed by atoms with Gasteiger partial charge < -0.3 is 9.64 Å². The summed E-state index contributed by atoms with van der Waals surface area (Å²) < 4.78 is 4.83. The number of benzene rings is 2. The maximum atomic E-state index is 13.2. The highest BCUT2D eigenvalue weighted by molar-refractivity contribution is 5.87.